The van der Waals surface area contributed by atoms with E-state index in [4.69, 9.17) is 9.94 Å². The van der Waals surface area contributed by atoms with Crippen LogP contribution >= 0.6 is 11.8 Å². The van der Waals surface area contributed by atoms with Crippen LogP contribution in [-0.4, -0.2) is 41.3 Å². The number of thioether (sulfide) groups is 1. The van der Waals surface area contributed by atoms with Gasteiger partial charge in [-0.15, -0.1) is 0 Å². The van der Waals surface area contributed by atoms with Crippen molar-refractivity contribution in [2.75, 3.05) is 25.2 Å². The van der Waals surface area contributed by atoms with Gasteiger partial charge in [0.05, 0.1) is 6.61 Å². The van der Waals surface area contributed by atoms with Crippen molar-refractivity contribution >= 4 is 17.7 Å². The van der Waals surface area contributed by atoms with Gasteiger partial charge in [0.15, 0.2) is 0 Å². The van der Waals surface area contributed by atoms with Crippen LogP contribution in [0.15, 0.2) is 24.3 Å². The Kier molecular flexibility index (Phi) is 10.6. The van der Waals surface area contributed by atoms with Gasteiger partial charge in [-0.1, -0.05) is 38.0 Å². The number of carbonyl (C=O) groups is 1. The Morgan fingerprint density at radius 3 is 2.74 bits per heavy atom. The molecule has 0 aliphatic rings. The first kappa shape index (κ1) is 19.8. The lowest BCUT2D eigenvalue weighted by Crippen LogP contribution is -2.22. The fourth-order valence-corrected chi connectivity index (χ4v) is 3.03. The normalized spacial score (nSPS) is 10.6. The predicted molar refractivity (Wildman–Crippen MR) is 96.3 cm³/mol. The van der Waals surface area contributed by atoms with E-state index in [9.17, 15) is 4.79 Å². The first-order chi connectivity index (χ1) is 11.1. The van der Waals surface area contributed by atoms with Crippen LogP contribution in [0.25, 0.3) is 0 Å². The summed E-state index contributed by atoms with van der Waals surface area (Å²) in [7, 11) is 1.36. The van der Waals surface area contributed by atoms with E-state index < -0.39 is 0 Å². The van der Waals surface area contributed by atoms with Gasteiger partial charge in [0.25, 0.3) is 0 Å². The van der Waals surface area contributed by atoms with Gasteiger partial charge in [0.2, 0.25) is 5.91 Å². The Balaban J connectivity index is 2.17. The van der Waals surface area contributed by atoms with Crippen LogP contribution in [0.5, 0.6) is 5.75 Å². The molecular weight excluding hydrogens is 310 g/mol. The van der Waals surface area contributed by atoms with Crippen LogP contribution in [0.1, 0.15) is 44.6 Å². The smallest absolute Gasteiger partial charge is 0.246 e. The van der Waals surface area contributed by atoms with Crippen molar-refractivity contribution < 1.29 is 14.7 Å². The quantitative estimate of drug-likeness (QED) is 0.353. The highest BCUT2D eigenvalue weighted by Gasteiger charge is 2.05. The highest BCUT2D eigenvalue weighted by molar-refractivity contribution is 7.99. The van der Waals surface area contributed by atoms with Gasteiger partial charge >= 0.3 is 0 Å². The molecule has 130 valence electrons. The van der Waals surface area contributed by atoms with E-state index in [1.165, 1.54) is 31.9 Å². The maximum Gasteiger partial charge on any atom is 0.246 e. The van der Waals surface area contributed by atoms with Crippen LogP contribution in [0.4, 0.5) is 0 Å². The SMILES string of the molecule is CCCCCc1ccccc1OCCCSCCC(=O)N(C)O. The lowest BCUT2D eigenvalue weighted by Gasteiger charge is -2.11. The minimum Gasteiger partial charge on any atom is -0.493 e. The fourth-order valence-electron chi connectivity index (χ4n) is 2.18. The number of hydroxylamine groups is 2. The molecule has 1 rings (SSSR count). The number of nitrogens with zero attached hydrogens (tertiary/aromatic N) is 1. The lowest BCUT2D eigenvalue weighted by atomic mass is 10.1. The van der Waals surface area contributed by atoms with Gasteiger partial charge in [0, 0.05) is 19.2 Å². The van der Waals surface area contributed by atoms with Crippen molar-refractivity contribution in [1.29, 1.82) is 0 Å². The molecule has 1 amide bonds. The molecule has 0 aromatic heterocycles. The number of unbranched alkanes of at least 4 members (excludes halogenated alkanes) is 2. The van der Waals surface area contributed by atoms with Gasteiger partial charge in [0.1, 0.15) is 5.75 Å². The topological polar surface area (TPSA) is 49.8 Å². The van der Waals surface area contributed by atoms with Gasteiger partial charge in [-0.25, -0.2) is 5.06 Å². The Morgan fingerprint density at radius 2 is 2.00 bits per heavy atom. The molecule has 0 heterocycles. The largest absolute Gasteiger partial charge is 0.493 e. The Labute approximate surface area is 144 Å². The second-order valence-electron chi connectivity index (χ2n) is 5.55. The minimum atomic E-state index is -0.241. The van der Waals surface area contributed by atoms with E-state index in [0.717, 1.165) is 30.1 Å². The molecule has 4 nitrogen and oxygen atoms in total. The zero-order valence-corrected chi connectivity index (χ0v) is 15.1. The maximum absolute atomic E-state index is 11.2. The van der Waals surface area contributed by atoms with Crippen LogP contribution in [0.2, 0.25) is 0 Å². The molecule has 0 radical (unpaired) electrons. The number of amides is 1. The summed E-state index contributed by atoms with van der Waals surface area (Å²) >= 11 is 1.72. The molecule has 0 fully saturated rings. The molecule has 1 aromatic carbocycles. The highest BCUT2D eigenvalue weighted by Crippen LogP contribution is 2.20. The van der Waals surface area contributed by atoms with Gasteiger partial charge < -0.3 is 4.74 Å². The zero-order chi connectivity index (χ0) is 16.9. The first-order valence-electron chi connectivity index (χ1n) is 8.39. The van der Waals surface area contributed by atoms with Crippen LogP contribution < -0.4 is 4.74 Å². The Morgan fingerprint density at radius 1 is 1.22 bits per heavy atom. The summed E-state index contributed by atoms with van der Waals surface area (Å²) in [5.74, 6) is 2.46. The van der Waals surface area contributed by atoms with Gasteiger partial charge in [-0.2, -0.15) is 11.8 Å². The minimum absolute atomic E-state index is 0.241. The number of para-hydroxylation sites is 1. The third kappa shape index (κ3) is 8.86. The molecule has 0 saturated carbocycles. The molecule has 0 spiro atoms. The van der Waals surface area contributed by atoms with Crippen molar-refractivity contribution in [2.45, 2.75) is 45.4 Å². The van der Waals surface area contributed by atoms with E-state index in [-0.39, 0.29) is 5.91 Å². The summed E-state index contributed by atoms with van der Waals surface area (Å²) in [5.41, 5.74) is 1.30. The summed E-state index contributed by atoms with van der Waals surface area (Å²) in [5, 5.41) is 9.60. The third-order valence-electron chi connectivity index (χ3n) is 3.53. The second-order valence-corrected chi connectivity index (χ2v) is 6.77. The molecule has 1 N–H and O–H groups in total. The van der Waals surface area contributed by atoms with E-state index in [1.807, 2.05) is 12.1 Å². The molecule has 0 bridgehead atoms. The summed E-state index contributed by atoms with van der Waals surface area (Å²) in [6, 6.07) is 8.28. The van der Waals surface area contributed by atoms with E-state index in [2.05, 4.69) is 19.1 Å². The van der Waals surface area contributed by atoms with E-state index >= 15 is 0 Å². The first-order valence-corrected chi connectivity index (χ1v) is 9.54. The monoisotopic (exact) mass is 339 g/mol. The van der Waals surface area contributed by atoms with Gasteiger partial charge in [-0.05, 0) is 36.6 Å². The fraction of sp³-hybridized carbons (Fsp3) is 0.611. The number of hydrogen-bond donors (Lipinski definition) is 1. The van der Waals surface area contributed by atoms with Crippen molar-refractivity contribution in [1.82, 2.24) is 5.06 Å². The second kappa shape index (κ2) is 12.3. The lowest BCUT2D eigenvalue weighted by molar-refractivity contribution is -0.158. The summed E-state index contributed by atoms with van der Waals surface area (Å²) in [4.78, 5) is 11.2. The molecule has 0 saturated heterocycles. The third-order valence-corrected chi connectivity index (χ3v) is 4.60. The number of carbonyl (C=O) groups excluding carboxylic acids is 1. The maximum atomic E-state index is 11.2. The highest BCUT2D eigenvalue weighted by atomic mass is 32.2. The summed E-state index contributed by atoms with van der Waals surface area (Å²) in [6.45, 7) is 2.91. The van der Waals surface area contributed by atoms with Crippen molar-refractivity contribution in [2.24, 2.45) is 0 Å². The Bertz CT molecular complexity index is 452. The molecule has 5 heteroatoms. The number of rotatable bonds is 12. The van der Waals surface area contributed by atoms with Crippen LogP contribution in [-0.2, 0) is 11.2 Å². The van der Waals surface area contributed by atoms with Crippen LogP contribution in [0.3, 0.4) is 0 Å². The van der Waals surface area contributed by atoms with Crippen LogP contribution in [0, 0.1) is 0 Å². The van der Waals surface area contributed by atoms with E-state index in [1.54, 1.807) is 11.8 Å². The standard InChI is InChI=1S/C18H29NO3S/c1-3-4-5-9-16-10-6-7-11-17(16)22-13-8-14-23-15-12-18(20)19(2)21/h6-7,10-11,21H,3-5,8-9,12-15H2,1-2H3. The molecule has 23 heavy (non-hydrogen) atoms. The number of ether oxygens (including phenoxy) is 1. The predicted octanol–water partition coefficient (Wildman–Crippen LogP) is 4.16. The van der Waals surface area contributed by atoms with E-state index in [0.29, 0.717) is 18.1 Å². The number of hydrogen-bond acceptors (Lipinski definition) is 4. The molecule has 0 aliphatic heterocycles. The summed E-state index contributed by atoms with van der Waals surface area (Å²) < 4.78 is 5.91. The molecule has 1 aromatic rings. The van der Waals surface area contributed by atoms with Crippen molar-refractivity contribution in [3.8, 4) is 5.75 Å². The molecule has 0 atom stereocenters. The van der Waals surface area contributed by atoms with Crippen molar-refractivity contribution in [3.05, 3.63) is 29.8 Å². The number of aryl methyl sites for hydroxylation is 1. The van der Waals surface area contributed by atoms with Gasteiger partial charge in [-0.3, -0.25) is 10.0 Å². The average Bonchev–Trinajstić information content (AvgIpc) is 2.55. The molecule has 0 unspecified atom stereocenters. The van der Waals surface area contributed by atoms with Crippen molar-refractivity contribution in [3.63, 3.8) is 0 Å². The summed E-state index contributed by atoms with van der Waals surface area (Å²) in [6.07, 6.45) is 6.10. The molecule has 0 aliphatic carbocycles. The number of benzene rings is 1. The molecular formula is C18H29NO3S. The average molecular weight is 340 g/mol. The Hall–Kier alpha value is -1.20. The zero-order valence-electron chi connectivity index (χ0n) is 14.3.